The van der Waals surface area contributed by atoms with E-state index in [4.69, 9.17) is 9.47 Å². The van der Waals surface area contributed by atoms with Crippen LogP contribution in [-0.2, 0) is 0 Å². The second kappa shape index (κ2) is 8.30. The first-order valence-electron chi connectivity index (χ1n) is 7.17. The largest absolute Gasteiger partial charge is 0.497 e. The molecule has 20 heavy (non-hydrogen) atoms. The zero-order valence-corrected chi connectivity index (χ0v) is 12.0. The van der Waals surface area contributed by atoms with E-state index in [1.54, 1.807) is 7.11 Å². The normalized spacial score (nSPS) is 14.8. The van der Waals surface area contributed by atoms with Crippen LogP contribution < -0.4 is 20.1 Å². The molecule has 2 N–H and O–H groups in total. The van der Waals surface area contributed by atoms with Crippen LogP contribution in [0.2, 0.25) is 0 Å². The zero-order chi connectivity index (χ0) is 14.0. The fraction of sp³-hybridized carbons (Fsp3) is 0.533. The molecule has 1 aliphatic rings. The van der Waals surface area contributed by atoms with Gasteiger partial charge in [-0.15, -0.1) is 0 Å². The van der Waals surface area contributed by atoms with E-state index < -0.39 is 0 Å². The highest BCUT2D eigenvalue weighted by Crippen LogP contribution is 2.16. The first-order valence-corrected chi connectivity index (χ1v) is 7.17. The maximum Gasteiger partial charge on any atom is 0.191 e. The van der Waals surface area contributed by atoms with Gasteiger partial charge in [-0.3, -0.25) is 4.99 Å². The van der Waals surface area contributed by atoms with E-state index >= 15 is 0 Å². The molecule has 0 saturated carbocycles. The minimum Gasteiger partial charge on any atom is -0.497 e. The average molecular weight is 277 g/mol. The first kappa shape index (κ1) is 14.5. The highest BCUT2D eigenvalue weighted by atomic mass is 16.5. The molecular weight excluding hydrogens is 254 g/mol. The Hall–Kier alpha value is -1.91. The first-order chi connectivity index (χ1) is 9.88. The van der Waals surface area contributed by atoms with E-state index in [2.05, 4.69) is 15.6 Å². The van der Waals surface area contributed by atoms with Crippen molar-refractivity contribution in [2.75, 3.05) is 33.4 Å². The van der Waals surface area contributed by atoms with Gasteiger partial charge in [0.15, 0.2) is 5.96 Å². The Balaban J connectivity index is 1.59. The number of ether oxygens (including phenoxy) is 2. The molecule has 5 nitrogen and oxygen atoms in total. The molecule has 0 unspecified atom stereocenters. The van der Waals surface area contributed by atoms with Gasteiger partial charge in [-0.2, -0.15) is 0 Å². The Morgan fingerprint density at radius 2 is 2.00 bits per heavy atom. The summed E-state index contributed by atoms with van der Waals surface area (Å²) in [6.45, 7) is 3.47. The number of rotatable bonds is 6. The van der Waals surface area contributed by atoms with E-state index in [0.29, 0.717) is 6.61 Å². The Morgan fingerprint density at radius 1 is 1.20 bits per heavy atom. The number of benzene rings is 1. The Bertz CT molecular complexity index is 418. The molecule has 1 aromatic rings. The number of hydrogen-bond acceptors (Lipinski definition) is 5. The van der Waals surface area contributed by atoms with Gasteiger partial charge < -0.3 is 20.1 Å². The van der Waals surface area contributed by atoms with Crippen LogP contribution in [0.15, 0.2) is 29.3 Å². The van der Waals surface area contributed by atoms with E-state index in [1.165, 1.54) is 12.8 Å². The Kier molecular flexibility index (Phi) is 6.02. The summed E-state index contributed by atoms with van der Waals surface area (Å²) in [5, 5.41) is 6.59. The van der Waals surface area contributed by atoms with Crippen LogP contribution >= 0.6 is 0 Å². The number of methoxy groups -OCH3 is 1. The minimum absolute atomic E-state index is 0.687. The Morgan fingerprint density at radius 3 is 2.80 bits per heavy atom. The second-order valence-corrected chi connectivity index (χ2v) is 4.67. The van der Waals surface area contributed by atoms with Crippen molar-refractivity contribution in [3.05, 3.63) is 24.3 Å². The van der Waals surface area contributed by atoms with E-state index in [-0.39, 0.29) is 0 Å². The lowest BCUT2D eigenvalue weighted by atomic mass is 10.3. The second-order valence-electron chi connectivity index (χ2n) is 4.67. The van der Waals surface area contributed by atoms with E-state index in [1.807, 2.05) is 24.3 Å². The quantitative estimate of drug-likeness (QED) is 0.778. The van der Waals surface area contributed by atoms with Crippen LogP contribution in [0.3, 0.4) is 0 Å². The van der Waals surface area contributed by atoms with Crippen molar-refractivity contribution in [1.82, 2.24) is 10.6 Å². The summed E-state index contributed by atoms with van der Waals surface area (Å²) in [4.78, 5) is 4.44. The molecule has 1 aromatic carbocycles. The van der Waals surface area contributed by atoms with Gasteiger partial charge in [0.2, 0.25) is 0 Å². The molecule has 5 heteroatoms. The SMILES string of the molecule is COc1ccc(OCCCNC2=NCCCCN2)cc1. The fourth-order valence-electron chi connectivity index (χ4n) is 1.95. The minimum atomic E-state index is 0.687. The van der Waals surface area contributed by atoms with Crippen LogP contribution in [-0.4, -0.2) is 39.3 Å². The summed E-state index contributed by atoms with van der Waals surface area (Å²) < 4.78 is 10.8. The molecule has 110 valence electrons. The smallest absolute Gasteiger partial charge is 0.191 e. The molecule has 0 aromatic heterocycles. The van der Waals surface area contributed by atoms with Gasteiger partial charge in [0, 0.05) is 19.6 Å². The van der Waals surface area contributed by atoms with Gasteiger partial charge in [0.05, 0.1) is 13.7 Å². The third-order valence-electron chi connectivity index (χ3n) is 3.09. The molecule has 0 bridgehead atoms. The van der Waals surface area contributed by atoms with Crippen molar-refractivity contribution in [1.29, 1.82) is 0 Å². The van der Waals surface area contributed by atoms with Crippen molar-refractivity contribution in [2.24, 2.45) is 4.99 Å². The molecule has 0 fully saturated rings. The summed E-state index contributed by atoms with van der Waals surface area (Å²) in [5.74, 6) is 2.64. The summed E-state index contributed by atoms with van der Waals surface area (Å²) in [5.41, 5.74) is 0. The van der Waals surface area contributed by atoms with E-state index in [0.717, 1.165) is 43.5 Å². The highest BCUT2D eigenvalue weighted by molar-refractivity contribution is 5.79. The predicted molar refractivity (Wildman–Crippen MR) is 80.6 cm³/mol. The lowest BCUT2D eigenvalue weighted by Crippen LogP contribution is -2.37. The molecule has 0 spiro atoms. The van der Waals surface area contributed by atoms with Gasteiger partial charge in [0.25, 0.3) is 0 Å². The maximum absolute atomic E-state index is 5.66. The van der Waals surface area contributed by atoms with Gasteiger partial charge in [-0.1, -0.05) is 0 Å². The Labute approximate surface area is 120 Å². The van der Waals surface area contributed by atoms with Crippen molar-refractivity contribution < 1.29 is 9.47 Å². The number of aliphatic imine (C=N–C) groups is 1. The molecule has 1 aliphatic heterocycles. The van der Waals surface area contributed by atoms with Crippen LogP contribution in [0, 0.1) is 0 Å². The van der Waals surface area contributed by atoms with E-state index in [9.17, 15) is 0 Å². The number of hydrogen-bond donors (Lipinski definition) is 2. The molecule has 0 radical (unpaired) electrons. The molecule has 2 rings (SSSR count). The van der Waals surface area contributed by atoms with Crippen molar-refractivity contribution >= 4 is 5.96 Å². The van der Waals surface area contributed by atoms with Gasteiger partial charge in [-0.25, -0.2) is 0 Å². The topological polar surface area (TPSA) is 54.9 Å². The van der Waals surface area contributed by atoms with Crippen molar-refractivity contribution in [3.63, 3.8) is 0 Å². The van der Waals surface area contributed by atoms with Gasteiger partial charge in [-0.05, 0) is 43.5 Å². The molecular formula is C15H23N3O2. The summed E-state index contributed by atoms with van der Waals surface area (Å²) in [6.07, 6.45) is 3.29. The van der Waals surface area contributed by atoms with Crippen LogP contribution in [0.4, 0.5) is 0 Å². The third kappa shape index (κ3) is 4.99. The van der Waals surface area contributed by atoms with Crippen LogP contribution in [0.1, 0.15) is 19.3 Å². The average Bonchev–Trinajstić information content (AvgIpc) is 2.76. The highest BCUT2D eigenvalue weighted by Gasteiger charge is 2.01. The molecule has 0 amide bonds. The number of nitrogens with zero attached hydrogens (tertiary/aromatic N) is 1. The number of guanidine groups is 1. The fourth-order valence-corrected chi connectivity index (χ4v) is 1.95. The standard InChI is InChI=1S/C15H23N3O2/c1-19-13-5-7-14(8-6-13)20-12-4-11-18-15-16-9-2-3-10-17-15/h5-8H,2-4,9-12H2,1H3,(H2,16,17,18). The summed E-state index contributed by atoms with van der Waals surface area (Å²) >= 11 is 0. The van der Waals surface area contributed by atoms with Crippen LogP contribution in [0.25, 0.3) is 0 Å². The summed E-state index contributed by atoms with van der Waals surface area (Å²) in [6, 6.07) is 7.64. The molecule has 0 saturated heterocycles. The lowest BCUT2D eigenvalue weighted by molar-refractivity contribution is 0.310. The lowest BCUT2D eigenvalue weighted by Gasteiger charge is -2.10. The molecule has 0 atom stereocenters. The molecule has 0 aliphatic carbocycles. The zero-order valence-electron chi connectivity index (χ0n) is 12.0. The van der Waals surface area contributed by atoms with Crippen LogP contribution in [0.5, 0.6) is 11.5 Å². The van der Waals surface area contributed by atoms with Gasteiger partial charge >= 0.3 is 0 Å². The monoisotopic (exact) mass is 277 g/mol. The van der Waals surface area contributed by atoms with Crippen molar-refractivity contribution in [2.45, 2.75) is 19.3 Å². The predicted octanol–water partition coefficient (Wildman–Crippen LogP) is 1.79. The van der Waals surface area contributed by atoms with Crippen molar-refractivity contribution in [3.8, 4) is 11.5 Å². The summed E-state index contributed by atoms with van der Waals surface area (Å²) in [7, 11) is 1.66. The number of nitrogens with one attached hydrogen (secondary N) is 2. The van der Waals surface area contributed by atoms with Gasteiger partial charge in [0.1, 0.15) is 11.5 Å². The molecule has 1 heterocycles. The maximum atomic E-state index is 5.66. The third-order valence-corrected chi connectivity index (χ3v) is 3.09.